The molecular formula is C15H26N2O2. The third kappa shape index (κ3) is 3.85. The van der Waals surface area contributed by atoms with Crippen molar-refractivity contribution in [1.82, 2.24) is 4.90 Å². The second kappa shape index (κ2) is 7.36. The summed E-state index contributed by atoms with van der Waals surface area (Å²) < 4.78 is 10.8. The summed E-state index contributed by atoms with van der Waals surface area (Å²) in [5, 5.41) is 0. The molecule has 1 aromatic rings. The first-order chi connectivity index (χ1) is 9.04. The van der Waals surface area contributed by atoms with Crippen molar-refractivity contribution in [3.63, 3.8) is 0 Å². The third-order valence-electron chi connectivity index (χ3n) is 3.69. The van der Waals surface area contributed by atoms with Gasteiger partial charge in [0.1, 0.15) is 11.5 Å². The number of rotatable bonds is 7. The molecule has 0 bridgehead atoms. The van der Waals surface area contributed by atoms with Crippen molar-refractivity contribution in [2.45, 2.75) is 26.3 Å². The van der Waals surface area contributed by atoms with Gasteiger partial charge in [0.2, 0.25) is 0 Å². The Morgan fingerprint density at radius 1 is 1.26 bits per heavy atom. The minimum absolute atomic E-state index is 0.394. The van der Waals surface area contributed by atoms with Crippen molar-refractivity contribution in [2.24, 2.45) is 5.73 Å². The molecular weight excluding hydrogens is 240 g/mol. The van der Waals surface area contributed by atoms with Crippen LogP contribution in [0.4, 0.5) is 0 Å². The van der Waals surface area contributed by atoms with E-state index >= 15 is 0 Å². The topological polar surface area (TPSA) is 47.7 Å². The molecule has 4 heteroatoms. The zero-order chi connectivity index (χ0) is 14.4. The number of hydrogen-bond acceptors (Lipinski definition) is 4. The van der Waals surface area contributed by atoms with Crippen LogP contribution >= 0.6 is 0 Å². The van der Waals surface area contributed by atoms with Crippen molar-refractivity contribution in [1.29, 1.82) is 0 Å². The average Bonchev–Trinajstić information content (AvgIpc) is 2.43. The van der Waals surface area contributed by atoms with Gasteiger partial charge >= 0.3 is 0 Å². The predicted octanol–water partition coefficient (Wildman–Crippen LogP) is 1.83. The zero-order valence-corrected chi connectivity index (χ0v) is 12.7. The number of likely N-dealkylation sites (N-methyl/N-ethyl adjacent to an activating group) is 1. The van der Waals surface area contributed by atoms with Gasteiger partial charge in [-0.1, -0.05) is 6.07 Å². The zero-order valence-electron chi connectivity index (χ0n) is 12.7. The van der Waals surface area contributed by atoms with Crippen LogP contribution in [0.1, 0.15) is 18.1 Å². The first-order valence-corrected chi connectivity index (χ1v) is 6.65. The molecule has 1 atom stereocenters. The van der Waals surface area contributed by atoms with Crippen molar-refractivity contribution in [3.8, 4) is 11.5 Å². The first kappa shape index (κ1) is 15.8. The van der Waals surface area contributed by atoms with Gasteiger partial charge in [-0.2, -0.15) is 0 Å². The molecule has 19 heavy (non-hydrogen) atoms. The lowest BCUT2D eigenvalue weighted by Crippen LogP contribution is -2.36. The third-order valence-corrected chi connectivity index (χ3v) is 3.69. The summed E-state index contributed by atoms with van der Waals surface area (Å²) in [6, 6.07) is 4.47. The molecule has 0 aromatic heterocycles. The summed E-state index contributed by atoms with van der Waals surface area (Å²) in [6.45, 7) is 5.79. The van der Waals surface area contributed by atoms with E-state index in [9.17, 15) is 0 Å². The van der Waals surface area contributed by atoms with Crippen LogP contribution in [-0.4, -0.2) is 45.3 Å². The van der Waals surface area contributed by atoms with Gasteiger partial charge in [0.25, 0.3) is 0 Å². The summed E-state index contributed by atoms with van der Waals surface area (Å²) >= 11 is 0. The van der Waals surface area contributed by atoms with E-state index in [1.165, 1.54) is 5.56 Å². The molecule has 0 aliphatic heterocycles. The highest BCUT2D eigenvalue weighted by Gasteiger charge is 2.13. The second-order valence-corrected chi connectivity index (χ2v) is 4.90. The summed E-state index contributed by atoms with van der Waals surface area (Å²) in [5.41, 5.74) is 7.94. The van der Waals surface area contributed by atoms with Gasteiger partial charge in [0, 0.05) is 24.7 Å². The molecule has 1 aromatic carbocycles. The van der Waals surface area contributed by atoms with Crippen molar-refractivity contribution in [2.75, 3.05) is 34.4 Å². The Morgan fingerprint density at radius 3 is 2.47 bits per heavy atom. The fourth-order valence-corrected chi connectivity index (χ4v) is 2.13. The summed E-state index contributed by atoms with van der Waals surface area (Å²) in [5.74, 6) is 1.79. The summed E-state index contributed by atoms with van der Waals surface area (Å²) in [6.07, 6.45) is 0.939. The molecule has 108 valence electrons. The van der Waals surface area contributed by atoms with Crippen LogP contribution in [0.15, 0.2) is 12.1 Å². The van der Waals surface area contributed by atoms with Crippen LogP contribution in [0, 0.1) is 6.92 Å². The molecule has 0 heterocycles. The molecule has 1 rings (SSSR count). The van der Waals surface area contributed by atoms with Crippen LogP contribution in [0.5, 0.6) is 11.5 Å². The fourth-order valence-electron chi connectivity index (χ4n) is 2.13. The van der Waals surface area contributed by atoms with Crippen LogP contribution in [0.25, 0.3) is 0 Å². The van der Waals surface area contributed by atoms with E-state index in [-0.39, 0.29) is 0 Å². The van der Waals surface area contributed by atoms with E-state index in [0.29, 0.717) is 12.6 Å². The average molecular weight is 266 g/mol. The monoisotopic (exact) mass is 266 g/mol. The highest BCUT2D eigenvalue weighted by molar-refractivity contribution is 5.49. The van der Waals surface area contributed by atoms with Crippen molar-refractivity contribution >= 4 is 0 Å². The molecule has 0 fully saturated rings. The number of ether oxygens (including phenoxy) is 2. The minimum atomic E-state index is 0.394. The molecule has 1 unspecified atom stereocenters. The van der Waals surface area contributed by atoms with Crippen molar-refractivity contribution in [3.05, 3.63) is 23.3 Å². The maximum absolute atomic E-state index is 5.68. The SMILES string of the molecule is COc1ccc(CCN(C)C(C)CN)c(OC)c1C. The molecule has 0 spiro atoms. The first-order valence-electron chi connectivity index (χ1n) is 6.65. The minimum Gasteiger partial charge on any atom is -0.496 e. The standard InChI is InChI=1S/C15H26N2O2/c1-11(10-16)17(3)9-8-13-6-7-14(18-4)12(2)15(13)19-5/h6-7,11H,8-10,16H2,1-5H3. The lowest BCUT2D eigenvalue weighted by atomic mass is 10.1. The van der Waals surface area contributed by atoms with Gasteiger partial charge in [-0.25, -0.2) is 0 Å². The van der Waals surface area contributed by atoms with Gasteiger partial charge < -0.3 is 20.1 Å². The molecule has 0 radical (unpaired) electrons. The second-order valence-electron chi connectivity index (χ2n) is 4.90. The quantitative estimate of drug-likeness (QED) is 0.818. The predicted molar refractivity (Wildman–Crippen MR) is 79.1 cm³/mol. The lowest BCUT2D eigenvalue weighted by Gasteiger charge is -2.24. The molecule has 4 nitrogen and oxygen atoms in total. The van der Waals surface area contributed by atoms with Crippen LogP contribution in [-0.2, 0) is 6.42 Å². The van der Waals surface area contributed by atoms with E-state index in [1.54, 1.807) is 14.2 Å². The van der Waals surface area contributed by atoms with Crippen molar-refractivity contribution < 1.29 is 9.47 Å². The van der Waals surface area contributed by atoms with Gasteiger partial charge in [0.15, 0.2) is 0 Å². The van der Waals surface area contributed by atoms with Gasteiger partial charge in [-0.05, 0) is 38.9 Å². The van der Waals surface area contributed by atoms with Crippen LogP contribution < -0.4 is 15.2 Å². The lowest BCUT2D eigenvalue weighted by molar-refractivity contribution is 0.265. The Labute approximate surface area is 116 Å². The Hall–Kier alpha value is -1.26. The summed E-state index contributed by atoms with van der Waals surface area (Å²) in [7, 11) is 5.48. The van der Waals surface area contributed by atoms with E-state index < -0.39 is 0 Å². The highest BCUT2D eigenvalue weighted by atomic mass is 16.5. The molecule has 0 amide bonds. The van der Waals surface area contributed by atoms with E-state index in [0.717, 1.165) is 30.0 Å². The number of nitrogens with two attached hydrogens (primary N) is 1. The number of hydrogen-bond donors (Lipinski definition) is 1. The highest BCUT2D eigenvalue weighted by Crippen LogP contribution is 2.31. The van der Waals surface area contributed by atoms with Crippen LogP contribution in [0.2, 0.25) is 0 Å². The molecule has 2 N–H and O–H groups in total. The number of benzene rings is 1. The molecule has 0 saturated carbocycles. The van der Waals surface area contributed by atoms with E-state index in [1.807, 2.05) is 13.0 Å². The largest absolute Gasteiger partial charge is 0.496 e. The normalized spacial score (nSPS) is 12.6. The molecule has 0 aliphatic rings. The number of methoxy groups -OCH3 is 2. The maximum atomic E-state index is 5.68. The fraction of sp³-hybridized carbons (Fsp3) is 0.600. The smallest absolute Gasteiger partial charge is 0.128 e. The maximum Gasteiger partial charge on any atom is 0.128 e. The Morgan fingerprint density at radius 2 is 1.95 bits per heavy atom. The Balaban J connectivity index is 2.81. The van der Waals surface area contributed by atoms with E-state index in [4.69, 9.17) is 15.2 Å². The van der Waals surface area contributed by atoms with Gasteiger partial charge in [-0.15, -0.1) is 0 Å². The molecule has 0 saturated heterocycles. The summed E-state index contributed by atoms with van der Waals surface area (Å²) in [4.78, 5) is 2.26. The van der Waals surface area contributed by atoms with Gasteiger partial charge in [0.05, 0.1) is 14.2 Å². The Kier molecular flexibility index (Phi) is 6.12. The van der Waals surface area contributed by atoms with E-state index in [2.05, 4.69) is 24.9 Å². The van der Waals surface area contributed by atoms with Gasteiger partial charge in [-0.3, -0.25) is 0 Å². The number of nitrogens with zero attached hydrogens (tertiary/aromatic N) is 1. The molecule has 0 aliphatic carbocycles. The Bertz CT molecular complexity index is 407. The van der Waals surface area contributed by atoms with Crippen LogP contribution in [0.3, 0.4) is 0 Å².